The third-order valence-corrected chi connectivity index (χ3v) is 4.16. The predicted molar refractivity (Wildman–Crippen MR) is 109 cm³/mol. The zero-order chi connectivity index (χ0) is 20.4. The Kier molecular flexibility index (Phi) is 8.27. The first kappa shape index (κ1) is 21.2. The van der Waals surface area contributed by atoms with Gasteiger partial charge in [0.2, 0.25) is 5.91 Å². The van der Waals surface area contributed by atoms with Crippen LogP contribution >= 0.6 is 0 Å². The van der Waals surface area contributed by atoms with E-state index in [0.29, 0.717) is 19.6 Å². The van der Waals surface area contributed by atoms with Crippen LogP contribution in [0, 0.1) is 5.82 Å². The van der Waals surface area contributed by atoms with E-state index >= 15 is 0 Å². The van der Waals surface area contributed by atoms with Gasteiger partial charge in [0.1, 0.15) is 11.6 Å². The fourth-order valence-electron chi connectivity index (χ4n) is 2.69. The Bertz CT molecular complexity index is 776. The molecule has 0 radical (unpaired) electrons. The van der Waals surface area contributed by atoms with Crippen LogP contribution in [-0.4, -0.2) is 51.1 Å². The van der Waals surface area contributed by atoms with Gasteiger partial charge in [0.05, 0.1) is 13.5 Å². The molecule has 7 heteroatoms. The number of benzene rings is 2. The maximum atomic E-state index is 12.9. The Morgan fingerprint density at radius 3 is 2.25 bits per heavy atom. The quantitative estimate of drug-likeness (QED) is 0.415. The average molecular weight is 386 g/mol. The molecule has 2 aromatic carbocycles. The van der Waals surface area contributed by atoms with Crippen molar-refractivity contribution < 1.29 is 13.9 Å². The summed E-state index contributed by atoms with van der Waals surface area (Å²) in [4.78, 5) is 18.2. The molecule has 0 aliphatic rings. The number of methoxy groups -OCH3 is 1. The lowest BCUT2D eigenvalue weighted by atomic mass is 10.1. The summed E-state index contributed by atoms with van der Waals surface area (Å²) in [6.07, 6.45) is 0.229. The smallest absolute Gasteiger partial charge is 0.224 e. The molecule has 0 saturated carbocycles. The predicted octanol–water partition coefficient (Wildman–Crippen LogP) is 2.20. The lowest BCUT2D eigenvalue weighted by Gasteiger charge is -2.22. The molecule has 0 heterocycles. The molecule has 2 rings (SSSR count). The summed E-state index contributed by atoms with van der Waals surface area (Å²) in [6.45, 7) is 1.71. The largest absolute Gasteiger partial charge is 0.497 e. The summed E-state index contributed by atoms with van der Waals surface area (Å²) < 4.78 is 18.1. The van der Waals surface area contributed by atoms with Gasteiger partial charge in [-0.2, -0.15) is 0 Å². The standard InChI is InChI=1S/C21H27FN4O2/c1-23-21(26(2)15-17-6-10-19(28-3)11-7-17)25-13-12-24-20(27)14-16-4-8-18(22)9-5-16/h4-11H,12-15H2,1-3H3,(H,23,25)(H,24,27). The van der Waals surface area contributed by atoms with Crippen LogP contribution < -0.4 is 15.4 Å². The van der Waals surface area contributed by atoms with Crippen molar-refractivity contribution in [2.75, 3.05) is 34.3 Å². The highest BCUT2D eigenvalue weighted by molar-refractivity contribution is 5.80. The van der Waals surface area contributed by atoms with E-state index in [1.807, 2.05) is 36.2 Å². The molecule has 2 N–H and O–H groups in total. The minimum atomic E-state index is -0.307. The number of hydrogen-bond acceptors (Lipinski definition) is 3. The molecule has 0 unspecified atom stereocenters. The van der Waals surface area contributed by atoms with Crippen LogP contribution in [0.3, 0.4) is 0 Å². The Morgan fingerprint density at radius 2 is 1.64 bits per heavy atom. The van der Waals surface area contributed by atoms with Gasteiger partial charge in [0, 0.05) is 33.7 Å². The Labute approximate surface area is 165 Å². The molecule has 2 aromatic rings. The molecule has 0 atom stereocenters. The summed E-state index contributed by atoms with van der Waals surface area (Å²) >= 11 is 0. The molecule has 0 fully saturated rings. The molecular formula is C21H27FN4O2. The number of hydrogen-bond donors (Lipinski definition) is 2. The highest BCUT2D eigenvalue weighted by Crippen LogP contribution is 2.12. The molecule has 0 aliphatic carbocycles. The molecule has 1 amide bonds. The number of guanidine groups is 1. The molecule has 0 bridgehead atoms. The topological polar surface area (TPSA) is 66.0 Å². The van der Waals surface area contributed by atoms with E-state index in [2.05, 4.69) is 15.6 Å². The Balaban J connectivity index is 1.72. The molecule has 150 valence electrons. The second-order valence-electron chi connectivity index (χ2n) is 6.33. The van der Waals surface area contributed by atoms with Crippen LogP contribution in [0.1, 0.15) is 11.1 Å². The van der Waals surface area contributed by atoms with Crippen molar-refractivity contribution in [1.29, 1.82) is 0 Å². The number of nitrogens with zero attached hydrogens (tertiary/aromatic N) is 2. The van der Waals surface area contributed by atoms with Crippen LogP contribution in [0.5, 0.6) is 5.75 Å². The van der Waals surface area contributed by atoms with Crippen LogP contribution in [0.4, 0.5) is 4.39 Å². The van der Waals surface area contributed by atoms with Gasteiger partial charge in [0.15, 0.2) is 5.96 Å². The van der Waals surface area contributed by atoms with Crippen molar-refractivity contribution in [2.24, 2.45) is 4.99 Å². The minimum Gasteiger partial charge on any atom is -0.497 e. The fourth-order valence-corrected chi connectivity index (χ4v) is 2.69. The van der Waals surface area contributed by atoms with E-state index in [0.717, 1.165) is 22.8 Å². The summed E-state index contributed by atoms with van der Waals surface area (Å²) in [5.74, 6) is 1.15. The molecule has 0 aromatic heterocycles. The van der Waals surface area contributed by atoms with Gasteiger partial charge < -0.3 is 20.3 Å². The Hall–Kier alpha value is -3.09. The zero-order valence-electron chi connectivity index (χ0n) is 16.5. The molecule has 0 spiro atoms. The first-order valence-corrected chi connectivity index (χ1v) is 9.07. The van der Waals surface area contributed by atoms with Gasteiger partial charge in [-0.15, -0.1) is 0 Å². The van der Waals surface area contributed by atoms with Gasteiger partial charge in [-0.1, -0.05) is 24.3 Å². The summed E-state index contributed by atoms with van der Waals surface area (Å²) in [7, 11) is 5.32. The highest BCUT2D eigenvalue weighted by Gasteiger charge is 2.07. The van der Waals surface area contributed by atoms with Crippen LogP contribution in [0.2, 0.25) is 0 Å². The van der Waals surface area contributed by atoms with E-state index in [4.69, 9.17) is 4.74 Å². The second kappa shape index (κ2) is 10.9. The molecule has 6 nitrogen and oxygen atoms in total. The van der Waals surface area contributed by atoms with Crippen LogP contribution in [-0.2, 0) is 17.8 Å². The number of rotatable bonds is 8. The first-order valence-electron chi connectivity index (χ1n) is 9.07. The van der Waals surface area contributed by atoms with Crippen molar-refractivity contribution >= 4 is 11.9 Å². The summed E-state index contributed by atoms with van der Waals surface area (Å²) in [6, 6.07) is 13.8. The van der Waals surface area contributed by atoms with Crippen molar-refractivity contribution in [3.63, 3.8) is 0 Å². The number of ether oxygens (including phenoxy) is 1. The van der Waals surface area contributed by atoms with Crippen LogP contribution in [0.25, 0.3) is 0 Å². The van der Waals surface area contributed by atoms with Gasteiger partial charge >= 0.3 is 0 Å². The number of carbonyl (C=O) groups excluding carboxylic acids is 1. The number of halogens is 1. The summed E-state index contributed by atoms with van der Waals surface area (Å²) in [5.41, 5.74) is 1.92. The molecule has 0 saturated heterocycles. The van der Waals surface area contributed by atoms with E-state index in [9.17, 15) is 9.18 Å². The molecular weight excluding hydrogens is 359 g/mol. The van der Waals surface area contributed by atoms with E-state index in [1.54, 1.807) is 26.3 Å². The number of nitrogens with one attached hydrogen (secondary N) is 2. The number of amides is 1. The van der Waals surface area contributed by atoms with E-state index in [-0.39, 0.29) is 18.1 Å². The number of carbonyl (C=O) groups is 1. The van der Waals surface area contributed by atoms with Gasteiger partial charge in [-0.25, -0.2) is 4.39 Å². The fraction of sp³-hybridized carbons (Fsp3) is 0.333. The highest BCUT2D eigenvalue weighted by atomic mass is 19.1. The maximum Gasteiger partial charge on any atom is 0.224 e. The third-order valence-electron chi connectivity index (χ3n) is 4.16. The summed E-state index contributed by atoms with van der Waals surface area (Å²) in [5, 5.41) is 6.07. The normalized spacial score (nSPS) is 11.1. The van der Waals surface area contributed by atoms with Gasteiger partial charge in [-0.05, 0) is 35.4 Å². The van der Waals surface area contributed by atoms with Crippen molar-refractivity contribution in [1.82, 2.24) is 15.5 Å². The SMILES string of the molecule is CN=C(NCCNC(=O)Cc1ccc(F)cc1)N(C)Cc1ccc(OC)cc1. The van der Waals surface area contributed by atoms with Crippen molar-refractivity contribution in [3.8, 4) is 5.75 Å². The maximum absolute atomic E-state index is 12.9. The third kappa shape index (κ3) is 6.90. The van der Waals surface area contributed by atoms with Crippen molar-refractivity contribution in [2.45, 2.75) is 13.0 Å². The number of aliphatic imine (C=N–C) groups is 1. The lowest BCUT2D eigenvalue weighted by Crippen LogP contribution is -2.42. The second-order valence-corrected chi connectivity index (χ2v) is 6.33. The monoisotopic (exact) mass is 386 g/mol. The average Bonchev–Trinajstić information content (AvgIpc) is 2.70. The van der Waals surface area contributed by atoms with Crippen LogP contribution in [0.15, 0.2) is 53.5 Å². The molecule has 0 aliphatic heterocycles. The van der Waals surface area contributed by atoms with Gasteiger partial charge in [0.25, 0.3) is 0 Å². The Morgan fingerprint density at radius 1 is 1.04 bits per heavy atom. The zero-order valence-corrected chi connectivity index (χ0v) is 16.5. The minimum absolute atomic E-state index is 0.102. The van der Waals surface area contributed by atoms with E-state index in [1.165, 1.54) is 12.1 Å². The lowest BCUT2D eigenvalue weighted by molar-refractivity contribution is -0.120. The van der Waals surface area contributed by atoms with Crippen molar-refractivity contribution in [3.05, 3.63) is 65.5 Å². The van der Waals surface area contributed by atoms with E-state index < -0.39 is 0 Å². The van der Waals surface area contributed by atoms with Gasteiger partial charge in [-0.3, -0.25) is 9.79 Å². The first-order chi connectivity index (χ1) is 13.5. The molecule has 28 heavy (non-hydrogen) atoms.